The fraction of sp³-hybridized carbons (Fsp3) is 0.222. The van der Waals surface area contributed by atoms with Crippen molar-refractivity contribution in [3.63, 3.8) is 0 Å². The van der Waals surface area contributed by atoms with Crippen LogP contribution in [0.25, 0.3) is 21.5 Å². The molecule has 0 fully saturated rings. The molecule has 0 aliphatic rings. The maximum absolute atomic E-state index is 5.69. The van der Waals surface area contributed by atoms with Gasteiger partial charge in [-0.05, 0) is 26.0 Å². The highest BCUT2D eigenvalue weighted by Crippen LogP contribution is 2.42. The Bertz CT molecular complexity index is 740. The first-order valence-electron chi connectivity index (χ1n) is 6.70. The molecule has 102 valence electrons. The third-order valence-corrected chi connectivity index (χ3v) is 3.74. The van der Waals surface area contributed by atoms with E-state index in [1.807, 2.05) is 0 Å². The smallest absolute Gasteiger partial charge is 0.134 e. The molecule has 0 spiro atoms. The summed E-state index contributed by atoms with van der Waals surface area (Å²) in [5, 5.41) is 4.38. The van der Waals surface area contributed by atoms with Crippen molar-refractivity contribution < 1.29 is 9.47 Å². The molecule has 0 saturated carbocycles. The first kappa shape index (κ1) is 12.8. The lowest BCUT2D eigenvalue weighted by atomic mass is 9.98. The van der Waals surface area contributed by atoms with Crippen LogP contribution in [0.3, 0.4) is 0 Å². The number of rotatable bonds is 2. The van der Waals surface area contributed by atoms with E-state index in [1.54, 1.807) is 14.2 Å². The number of hydrogen-bond acceptors (Lipinski definition) is 2. The summed E-state index contributed by atoms with van der Waals surface area (Å²) in [4.78, 5) is 0. The van der Waals surface area contributed by atoms with E-state index in [2.05, 4.69) is 50.2 Å². The Balaban J connectivity index is 2.60. The minimum absolute atomic E-state index is 0.913. The van der Waals surface area contributed by atoms with Gasteiger partial charge in [0.25, 0.3) is 0 Å². The van der Waals surface area contributed by atoms with Gasteiger partial charge in [-0.25, -0.2) is 0 Å². The Hall–Kier alpha value is -2.22. The highest BCUT2D eigenvalue weighted by Gasteiger charge is 2.15. The van der Waals surface area contributed by atoms with E-state index in [4.69, 9.17) is 9.47 Å². The zero-order chi connectivity index (χ0) is 14.3. The lowest BCUT2D eigenvalue weighted by Gasteiger charge is -2.15. The standard InChI is InChI=1S/C18H18O2/c1-11-5-7-13-15(9-11)18(20-4)16-10-12(2)6-8-14(16)17(13)19-3/h5-10H,1-4H3. The van der Waals surface area contributed by atoms with Gasteiger partial charge >= 0.3 is 0 Å². The second-order valence-electron chi connectivity index (χ2n) is 5.16. The zero-order valence-electron chi connectivity index (χ0n) is 12.3. The molecule has 0 saturated heterocycles. The van der Waals surface area contributed by atoms with E-state index in [0.29, 0.717) is 0 Å². The van der Waals surface area contributed by atoms with Gasteiger partial charge in [0, 0.05) is 21.5 Å². The van der Waals surface area contributed by atoms with Gasteiger partial charge in [-0.2, -0.15) is 0 Å². The highest BCUT2D eigenvalue weighted by molar-refractivity contribution is 6.11. The molecule has 0 bridgehead atoms. The first-order valence-corrected chi connectivity index (χ1v) is 6.70. The van der Waals surface area contributed by atoms with Crippen molar-refractivity contribution in [2.75, 3.05) is 14.2 Å². The van der Waals surface area contributed by atoms with E-state index in [0.717, 1.165) is 33.0 Å². The second-order valence-corrected chi connectivity index (χ2v) is 5.16. The molecule has 2 heteroatoms. The van der Waals surface area contributed by atoms with E-state index >= 15 is 0 Å². The molecular formula is C18H18O2. The van der Waals surface area contributed by atoms with Crippen LogP contribution in [0.4, 0.5) is 0 Å². The quantitative estimate of drug-likeness (QED) is 0.630. The largest absolute Gasteiger partial charge is 0.495 e. The normalized spacial score (nSPS) is 11.0. The highest BCUT2D eigenvalue weighted by atomic mass is 16.5. The number of hydrogen-bond donors (Lipinski definition) is 0. The van der Waals surface area contributed by atoms with Gasteiger partial charge in [-0.3, -0.25) is 0 Å². The average Bonchev–Trinajstić information content (AvgIpc) is 2.44. The predicted molar refractivity (Wildman–Crippen MR) is 84.0 cm³/mol. The number of methoxy groups -OCH3 is 2. The Morgan fingerprint density at radius 2 is 1.00 bits per heavy atom. The van der Waals surface area contributed by atoms with Crippen LogP contribution >= 0.6 is 0 Å². The van der Waals surface area contributed by atoms with Gasteiger partial charge in [0.05, 0.1) is 14.2 Å². The molecule has 20 heavy (non-hydrogen) atoms. The van der Waals surface area contributed by atoms with Gasteiger partial charge in [0.15, 0.2) is 0 Å². The predicted octanol–water partition coefficient (Wildman–Crippen LogP) is 4.63. The van der Waals surface area contributed by atoms with E-state index in [-0.39, 0.29) is 0 Å². The van der Waals surface area contributed by atoms with Gasteiger partial charge < -0.3 is 9.47 Å². The SMILES string of the molecule is COc1c2ccc(C)cc2c(OC)c2cc(C)ccc12. The Kier molecular flexibility index (Phi) is 3.01. The van der Waals surface area contributed by atoms with Crippen molar-refractivity contribution >= 4 is 21.5 Å². The minimum Gasteiger partial charge on any atom is -0.495 e. The summed E-state index contributed by atoms with van der Waals surface area (Å²) < 4.78 is 11.4. The fourth-order valence-corrected chi connectivity index (χ4v) is 2.82. The molecule has 3 rings (SSSR count). The maximum atomic E-state index is 5.69. The molecule has 0 N–H and O–H groups in total. The fourth-order valence-electron chi connectivity index (χ4n) is 2.82. The molecule has 2 nitrogen and oxygen atoms in total. The zero-order valence-corrected chi connectivity index (χ0v) is 12.3. The summed E-state index contributed by atoms with van der Waals surface area (Å²) in [6, 6.07) is 12.7. The summed E-state index contributed by atoms with van der Waals surface area (Å²) >= 11 is 0. The van der Waals surface area contributed by atoms with E-state index < -0.39 is 0 Å². The molecule has 0 amide bonds. The van der Waals surface area contributed by atoms with Crippen molar-refractivity contribution in [3.05, 3.63) is 47.5 Å². The summed E-state index contributed by atoms with van der Waals surface area (Å²) in [5.74, 6) is 1.83. The molecule has 0 aliphatic heterocycles. The molecule has 3 aromatic rings. The number of benzene rings is 3. The van der Waals surface area contributed by atoms with Gasteiger partial charge in [-0.1, -0.05) is 35.4 Å². The summed E-state index contributed by atoms with van der Waals surface area (Å²) in [6.45, 7) is 4.18. The Labute approximate surface area is 118 Å². The van der Waals surface area contributed by atoms with Gasteiger partial charge in [0.2, 0.25) is 0 Å². The van der Waals surface area contributed by atoms with Crippen LogP contribution in [0, 0.1) is 13.8 Å². The molecule has 0 unspecified atom stereocenters. The van der Waals surface area contributed by atoms with Crippen molar-refractivity contribution in [1.29, 1.82) is 0 Å². The first-order chi connectivity index (χ1) is 9.65. The number of fused-ring (bicyclic) bond motifs is 2. The second kappa shape index (κ2) is 4.71. The topological polar surface area (TPSA) is 18.5 Å². The van der Waals surface area contributed by atoms with Gasteiger partial charge in [0.1, 0.15) is 11.5 Å². The van der Waals surface area contributed by atoms with Crippen molar-refractivity contribution in [2.45, 2.75) is 13.8 Å². The average molecular weight is 266 g/mol. The van der Waals surface area contributed by atoms with Crippen LogP contribution in [0.5, 0.6) is 11.5 Å². The summed E-state index contributed by atoms with van der Waals surface area (Å²) in [5.41, 5.74) is 2.43. The molecular weight excluding hydrogens is 248 g/mol. The molecule has 0 atom stereocenters. The monoisotopic (exact) mass is 266 g/mol. The van der Waals surface area contributed by atoms with Crippen LogP contribution in [0.1, 0.15) is 11.1 Å². The van der Waals surface area contributed by atoms with Crippen LogP contribution in [0.15, 0.2) is 36.4 Å². The third-order valence-electron chi connectivity index (χ3n) is 3.74. The Morgan fingerprint density at radius 1 is 0.600 bits per heavy atom. The van der Waals surface area contributed by atoms with E-state index in [9.17, 15) is 0 Å². The molecule has 0 radical (unpaired) electrons. The van der Waals surface area contributed by atoms with Crippen LogP contribution < -0.4 is 9.47 Å². The van der Waals surface area contributed by atoms with Crippen molar-refractivity contribution in [3.8, 4) is 11.5 Å². The van der Waals surface area contributed by atoms with Crippen molar-refractivity contribution in [2.24, 2.45) is 0 Å². The van der Waals surface area contributed by atoms with Gasteiger partial charge in [-0.15, -0.1) is 0 Å². The lowest BCUT2D eigenvalue weighted by molar-refractivity contribution is 0.417. The maximum Gasteiger partial charge on any atom is 0.134 e. The minimum atomic E-state index is 0.913. The number of ether oxygens (including phenoxy) is 2. The number of aryl methyl sites for hydroxylation is 2. The summed E-state index contributed by atoms with van der Waals surface area (Å²) in [6.07, 6.45) is 0. The molecule has 0 heterocycles. The molecule has 0 aromatic heterocycles. The Morgan fingerprint density at radius 3 is 1.40 bits per heavy atom. The van der Waals surface area contributed by atoms with Crippen molar-refractivity contribution in [1.82, 2.24) is 0 Å². The van der Waals surface area contributed by atoms with E-state index in [1.165, 1.54) is 11.1 Å². The van der Waals surface area contributed by atoms with Crippen LogP contribution in [0.2, 0.25) is 0 Å². The van der Waals surface area contributed by atoms with Crippen LogP contribution in [-0.4, -0.2) is 14.2 Å². The molecule has 0 aliphatic carbocycles. The van der Waals surface area contributed by atoms with Crippen LogP contribution in [-0.2, 0) is 0 Å². The third kappa shape index (κ3) is 1.80. The summed E-state index contributed by atoms with van der Waals surface area (Å²) in [7, 11) is 3.45. The lowest BCUT2D eigenvalue weighted by Crippen LogP contribution is -1.93. The molecule has 3 aromatic carbocycles.